The number of ether oxygens (including phenoxy) is 1. The van der Waals surface area contributed by atoms with Gasteiger partial charge in [0.15, 0.2) is 0 Å². The number of rotatable bonds is 3. The third kappa shape index (κ3) is 5.23. The highest BCUT2D eigenvalue weighted by atomic mass is 79.9. The minimum absolute atomic E-state index is 0.126. The summed E-state index contributed by atoms with van der Waals surface area (Å²) in [6.07, 6.45) is 0.849. The lowest BCUT2D eigenvalue weighted by atomic mass is 10.1. The van der Waals surface area contributed by atoms with E-state index >= 15 is 0 Å². The lowest BCUT2D eigenvalue weighted by molar-refractivity contribution is -0.136. The Morgan fingerprint density at radius 1 is 1.17 bits per heavy atom. The van der Waals surface area contributed by atoms with Gasteiger partial charge >= 0.3 is 17.9 Å². The molecule has 0 spiro atoms. The first-order valence-electron chi connectivity index (χ1n) is 7.78. The molecule has 0 bridgehead atoms. The van der Waals surface area contributed by atoms with Gasteiger partial charge in [-0.05, 0) is 44.0 Å². The quantitative estimate of drug-likeness (QED) is 0.764. The van der Waals surface area contributed by atoms with Crippen LogP contribution in [-0.2, 0) is 14.3 Å². The van der Waals surface area contributed by atoms with E-state index in [2.05, 4.69) is 26.6 Å². The van der Waals surface area contributed by atoms with E-state index in [1.54, 1.807) is 36.1 Å². The molecule has 8 heteroatoms. The molecule has 0 aromatic heterocycles. The average molecular weight is 398 g/mol. The number of nitrogens with zero attached hydrogens (tertiary/aromatic N) is 1. The van der Waals surface area contributed by atoms with Crippen LogP contribution in [0.5, 0.6) is 0 Å². The Labute approximate surface area is 148 Å². The molecule has 1 heterocycles. The second-order valence-corrected chi connectivity index (χ2v) is 6.31. The Morgan fingerprint density at radius 3 is 2.38 bits per heavy atom. The third-order valence-electron chi connectivity index (χ3n) is 3.66. The van der Waals surface area contributed by atoms with Gasteiger partial charge in [-0.15, -0.1) is 0 Å². The van der Waals surface area contributed by atoms with Crippen LogP contribution >= 0.6 is 15.9 Å². The van der Waals surface area contributed by atoms with Crippen LogP contribution < -0.4 is 10.6 Å². The van der Waals surface area contributed by atoms with Crippen molar-refractivity contribution in [1.29, 1.82) is 0 Å². The number of amides is 3. The summed E-state index contributed by atoms with van der Waals surface area (Å²) in [5.41, 5.74) is 0.551. The van der Waals surface area contributed by atoms with Crippen molar-refractivity contribution in [3.8, 4) is 0 Å². The maximum atomic E-state index is 12.0. The standard InChI is InChI=1S/C16H20BrN3O4/c1-2-24-16(23)20-9-7-13(8-10-20)19-15(22)14(21)18-12-5-3-11(17)4-6-12/h3-6,13H,2,7-10H2,1H3,(H,18,21)(H,19,22). The van der Waals surface area contributed by atoms with Crippen molar-refractivity contribution in [3.05, 3.63) is 28.7 Å². The molecule has 1 aliphatic heterocycles. The van der Waals surface area contributed by atoms with Gasteiger partial charge < -0.3 is 20.3 Å². The van der Waals surface area contributed by atoms with Crippen LogP contribution in [0.1, 0.15) is 19.8 Å². The molecule has 1 aromatic carbocycles. The van der Waals surface area contributed by atoms with E-state index in [9.17, 15) is 14.4 Å². The number of hydrogen-bond donors (Lipinski definition) is 2. The Hall–Kier alpha value is -2.09. The highest BCUT2D eigenvalue weighted by Crippen LogP contribution is 2.14. The van der Waals surface area contributed by atoms with E-state index in [0.29, 0.717) is 38.2 Å². The molecule has 0 unspecified atom stereocenters. The first-order chi connectivity index (χ1) is 11.5. The molecule has 0 atom stereocenters. The van der Waals surface area contributed by atoms with Crippen LogP contribution in [0.2, 0.25) is 0 Å². The molecule has 2 N–H and O–H groups in total. The summed E-state index contributed by atoms with van der Waals surface area (Å²) < 4.78 is 5.83. The molecule has 0 aliphatic carbocycles. The van der Waals surface area contributed by atoms with E-state index in [1.165, 1.54) is 0 Å². The SMILES string of the molecule is CCOC(=O)N1CCC(NC(=O)C(=O)Nc2ccc(Br)cc2)CC1. The molecule has 0 saturated carbocycles. The number of carbonyl (C=O) groups excluding carboxylic acids is 3. The maximum Gasteiger partial charge on any atom is 0.409 e. The number of nitrogens with one attached hydrogen (secondary N) is 2. The monoisotopic (exact) mass is 397 g/mol. The van der Waals surface area contributed by atoms with Gasteiger partial charge in [0.25, 0.3) is 0 Å². The smallest absolute Gasteiger partial charge is 0.409 e. The molecule has 0 radical (unpaired) electrons. The third-order valence-corrected chi connectivity index (χ3v) is 4.19. The van der Waals surface area contributed by atoms with Crippen LogP contribution in [0.4, 0.5) is 10.5 Å². The number of likely N-dealkylation sites (tertiary alicyclic amines) is 1. The summed E-state index contributed by atoms with van der Waals surface area (Å²) in [7, 11) is 0. The second-order valence-electron chi connectivity index (χ2n) is 5.39. The number of piperidine rings is 1. The van der Waals surface area contributed by atoms with Gasteiger partial charge in [0.2, 0.25) is 0 Å². The molecule has 3 amide bonds. The normalized spacial score (nSPS) is 14.8. The summed E-state index contributed by atoms with van der Waals surface area (Å²) in [5.74, 6) is -1.38. The van der Waals surface area contributed by atoms with Crippen LogP contribution in [0.3, 0.4) is 0 Å². The van der Waals surface area contributed by atoms with Crippen molar-refractivity contribution in [2.45, 2.75) is 25.8 Å². The minimum Gasteiger partial charge on any atom is -0.450 e. The molecule has 24 heavy (non-hydrogen) atoms. The van der Waals surface area contributed by atoms with Gasteiger partial charge in [0, 0.05) is 29.3 Å². The predicted octanol–water partition coefficient (Wildman–Crippen LogP) is 2.12. The summed E-state index contributed by atoms with van der Waals surface area (Å²) >= 11 is 3.30. The van der Waals surface area contributed by atoms with Crippen LogP contribution in [-0.4, -0.2) is 48.5 Å². The summed E-state index contributed by atoms with van der Waals surface area (Å²) in [4.78, 5) is 37.1. The van der Waals surface area contributed by atoms with E-state index in [1.807, 2.05) is 0 Å². The Balaban J connectivity index is 1.77. The molecular weight excluding hydrogens is 378 g/mol. The van der Waals surface area contributed by atoms with Crippen LogP contribution in [0.15, 0.2) is 28.7 Å². The fourth-order valence-electron chi connectivity index (χ4n) is 2.39. The van der Waals surface area contributed by atoms with Crippen molar-refractivity contribution in [2.24, 2.45) is 0 Å². The molecule has 7 nitrogen and oxygen atoms in total. The topological polar surface area (TPSA) is 87.7 Å². The zero-order valence-corrected chi connectivity index (χ0v) is 15.0. The van der Waals surface area contributed by atoms with Gasteiger partial charge in [-0.2, -0.15) is 0 Å². The lowest BCUT2D eigenvalue weighted by Gasteiger charge is -2.31. The van der Waals surface area contributed by atoms with Gasteiger partial charge in [-0.25, -0.2) is 4.79 Å². The first-order valence-corrected chi connectivity index (χ1v) is 8.58. The fourth-order valence-corrected chi connectivity index (χ4v) is 2.66. The first kappa shape index (κ1) is 18.3. The summed E-state index contributed by atoms with van der Waals surface area (Å²) in [6, 6.07) is 6.83. The van der Waals surface area contributed by atoms with E-state index in [4.69, 9.17) is 4.74 Å². The summed E-state index contributed by atoms with van der Waals surface area (Å²) in [5, 5.41) is 5.25. The van der Waals surface area contributed by atoms with E-state index in [0.717, 1.165) is 4.47 Å². The Kier molecular flexibility index (Phi) is 6.60. The number of anilines is 1. The molecule has 2 rings (SSSR count). The minimum atomic E-state index is -0.704. The van der Waals surface area contributed by atoms with Gasteiger partial charge in [0.05, 0.1) is 6.61 Å². The Morgan fingerprint density at radius 2 is 1.79 bits per heavy atom. The van der Waals surface area contributed by atoms with Gasteiger partial charge in [-0.3, -0.25) is 9.59 Å². The Bertz CT molecular complexity index is 598. The summed E-state index contributed by atoms with van der Waals surface area (Å²) in [6.45, 7) is 3.09. The maximum absolute atomic E-state index is 12.0. The molecule has 1 aliphatic rings. The van der Waals surface area contributed by atoms with Crippen molar-refractivity contribution >= 4 is 39.5 Å². The zero-order valence-electron chi connectivity index (χ0n) is 13.4. The number of carbonyl (C=O) groups is 3. The number of halogens is 1. The largest absolute Gasteiger partial charge is 0.450 e. The van der Waals surface area contributed by atoms with Crippen molar-refractivity contribution in [1.82, 2.24) is 10.2 Å². The zero-order chi connectivity index (χ0) is 17.5. The molecule has 1 fully saturated rings. The predicted molar refractivity (Wildman–Crippen MR) is 92.5 cm³/mol. The van der Waals surface area contributed by atoms with E-state index in [-0.39, 0.29) is 12.1 Å². The highest BCUT2D eigenvalue weighted by molar-refractivity contribution is 9.10. The van der Waals surface area contributed by atoms with Crippen molar-refractivity contribution in [2.75, 3.05) is 25.0 Å². The van der Waals surface area contributed by atoms with Gasteiger partial charge in [-0.1, -0.05) is 15.9 Å². The van der Waals surface area contributed by atoms with Crippen LogP contribution in [0.25, 0.3) is 0 Å². The second kappa shape index (κ2) is 8.68. The van der Waals surface area contributed by atoms with Crippen molar-refractivity contribution in [3.63, 3.8) is 0 Å². The fraction of sp³-hybridized carbons (Fsp3) is 0.438. The number of benzene rings is 1. The average Bonchev–Trinajstić information content (AvgIpc) is 2.57. The van der Waals surface area contributed by atoms with Gasteiger partial charge in [0.1, 0.15) is 0 Å². The van der Waals surface area contributed by atoms with Crippen LogP contribution in [0, 0.1) is 0 Å². The molecule has 1 saturated heterocycles. The van der Waals surface area contributed by atoms with Crippen molar-refractivity contribution < 1.29 is 19.1 Å². The van der Waals surface area contributed by atoms with E-state index < -0.39 is 11.8 Å². The molecule has 130 valence electrons. The lowest BCUT2D eigenvalue weighted by Crippen LogP contribution is -2.49. The number of hydrogen-bond acceptors (Lipinski definition) is 4. The molecular formula is C16H20BrN3O4. The molecule has 1 aromatic rings. The highest BCUT2D eigenvalue weighted by Gasteiger charge is 2.26.